The van der Waals surface area contributed by atoms with E-state index in [-0.39, 0.29) is 18.4 Å². The van der Waals surface area contributed by atoms with E-state index in [1.807, 2.05) is 21.1 Å². The Kier molecular flexibility index (Phi) is 11.7. The average molecular weight is 420 g/mol. The summed E-state index contributed by atoms with van der Waals surface area (Å²) in [4.78, 5) is 23.2. The maximum absolute atomic E-state index is 12.2. The van der Waals surface area contributed by atoms with Crippen LogP contribution in [0.25, 0.3) is 0 Å². The van der Waals surface area contributed by atoms with Crippen LogP contribution in [-0.2, 0) is 16.0 Å². The lowest BCUT2D eigenvalue weighted by Gasteiger charge is -2.29. The lowest BCUT2D eigenvalue weighted by molar-refractivity contribution is -0.871. The van der Waals surface area contributed by atoms with Crippen molar-refractivity contribution >= 4 is 11.9 Å². The van der Waals surface area contributed by atoms with Crippen LogP contribution < -0.4 is 5.32 Å². The van der Waals surface area contributed by atoms with Gasteiger partial charge in [0.15, 0.2) is 0 Å². The maximum atomic E-state index is 12.2. The Morgan fingerprint density at radius 3 is 2.00 bits per heavy atom. The van der Waals surface area contributed by atoms with Gasteiger partial charge in [0.1, 0.15) is 0 Å². The highest BCUT2D eigenvalue weighted by atomic mass is 16.4. The Morgan fingerprint density at radius 2 is 1.47 bits per heavy atom. The third-order valence-corrected chi connectivity index (χ3v) is 5.53. The number of amides is 1. The third-order valence-electron chi connectivity index (χ3n) is 5.53. The quantitative estimate of drug-likeness (QED) is 0.322. The monoisotopic (exact) mass is 419 g/mol. The van der Waals surface area contributed by atoms with Crippen LogP contribution in [0.4, 0.5) is 0 Å². The van der Waals surface area contributed by atoms with Crippen LogP contribution in [0.1, 0.15) is 74.5 Å². The fourth-order valence-corrected chi connectivity index (χ4v) is 4.05. The van der Waals surface area contributed by atoms with E-state index in [1.54, 1.807) is 0 Å². The topological polar surface area (TPSA) is 66.4 Å². The van der Waals surface area contributed by atoms with E-state index in [9.17, 15) is 9.59 Å². The molecule has 1 amide bonds. The number of quaternary nitrogens is 1. The van der Waals surface area contributed by atoms with E-state index >= 15 is 0 Å². The second-order valence-electron chi connectivity index (χ2n) is 9.68. The SMILES string of the molecule is Cc1cccc(C)c1CCCCCCCCCC(=O)N[C@H](CC(=O)O)C[N+](C)(C)C. The van der Waals surface area contributed by atoms with Gasteiger partial charge < -0.3 is 14.9 Å². The minimum atomic E-state index is -0.869. The molecular formula is C25H43N2O3+. The van der Waals surface area contributed by atoms with Gasteiger partial charge in [-0.15, -0.1) is 0 Å². The summed E-state index contributed by atoms with van der Waals surface area (Å²) < 4.78 is 0.627. The Bertz CT molecular complexity index is 645. The zero-order valence-electron chi connectivity index (χ0n) is 19.8. The highest BCUT2D eigenvalue weighted by molar-refractivity contribution is 5.77. The van der Waals surface area contributed by atoms with Crippen LogP contribution in [0.15, 0.2) is 18.2 Å². The van der Waals surface area contributed by atoms with Gasteiger partial charge >= 0.3 is 5.97 Å². The summed E-state index contributed by atoms with van der Waals surface area (Å²) in [5, 5.41) is 12.0. The smallest absolute Gasteiger partial charge is 0.305 e. The van der Waals surface area contributed by atoms with Gasteiger partial charge in [-0.3, -0.25) is 9.59 Å². The lowest BCUT2D eigenvalue weighted by Crippen LogP contribution is -2.49. The van der Waals surface area contributed by atoms with Crippen LogP contribution in [0.2, 0.25) is 0 Å². The molecule has 0 saturated heterocycles. The molecule has 5 heteroatoms. The molecule has 0 heterocycles. The van der Waals surface area contributed by atoms with Crippen molar-refractivity contribution in [1.82, 2.24) is 5.32 Å². The zero-order chi connectivity index (χ0) is 22.6. The van der Waals surface area contributed by atoms with Gasteiger partial charge in [0.05, 0.1) is 40.2 Å². The first-order chi connectivity index (χ1) is 14.1. The number of unbranched alkanes of at least 4 members (excludes halogenated alkanes) is 6. The number of carbonyl (C=O) groups excluding carboxylic acids is 1. The summed E-state index contributed by atoms with van der Waals surface area (Å²) in [7, 11) is 6.01. The molecule has 0 saturated carbocycles. The van der Waals surface area contributed by atoms with Gasteiger partial charge in [-0.2, -0.15) is 0 Å². The van der Waals surface area contributed by atoms with Crippen molar-refractivity contribution in [3.63, 3.8) is 0 Å². The summed E-state index contributed by atoms with van der Waals surface area (Å²) in [5.41, 5.74) is 4.32. The van der Waals surface area contributed by atoms with Crippen molar-refractivity contribution in [3.05, 3.63) is 34.9 Å². The molecule has 0 aromatic heterocycles. The van der Waals surface area contributed by atoms with E-state index in [4.69, 9.17) is 5.11 Å². The molecule has 1 atom stereocenters. The van der Waals surface area contributed by atoms with Crippen LogP contribution >= 0.6 is 0 Å². The van der Waals surface area contributed by atoms with E-state index in [1.165, 1.54) is 48.8 Å². The molecule has 0 fully saturated rings. The first kappa shape index (κ1) is 26.2. The second kappa shape index (κ2) is 13.4. The predicted octanol–water partition coefficient (Wildman–Crippen LogP) is 4.63. The molecule has 0 aliphatic carbocycles. The number of aryl methyl sites for hydroxylation is 2. The van der Waals surface area contributed by atoms with Gasteiger partial charge in [-0.05, 0) is 49.8 Å². The minimum absolute atomic E-state index is 0.0245. The molecule has 5 nitrogen and oxygen atoms in total. The number of carboxylic acids is 1. The second-order valence-corrected chi connectivity index (χ2v) is 9.68. The van der Waals surface area contributed by atoms with Crippen LogP contribution in [0, 0.1) is 13.8 Å². The summed E-state index contributed by atoms with van der Waals surface area (Å²) in [6.45, 7) is 5.01. The number of hydrogen-bond donors (Lipinski definition) is 2. The number of rotatable bonds is 15. The standard InChI is InChI=1S/C25H42N2O3/c1-20-14-13-15-21(2)23(20)16-11-9-7-6-8-10-12-17-24(28)26-22(18-25(29)30)19-27(3,4)5/h13-15,22H,6-12,16-19H2,1-5H3,(H-,26,28,29,30)/p+1/t22-/m1/s1. The third kappa shape index (κ3) is 12.0. The van der Waals surface area contributed by atoms with Gasteiger partial charge in [0, 0.05) is 6.42 Å². The minimum Gasteiger partial charge on any atom is -0.481 e. The fourth-order valence-electron chi connectivity index (χ4n) is 4.05. The molecule has 0 radical (unpaired) electrons. The molecule has 0 aliphatic rings. The van der Waals surface area contributed by atoms with Crippen molar-refractivity contribution in [2.75, 3.05) is 27.7 Å². The molecule has 1 rings (SSSR count). The summed E-state index contributed by atoms with van der Waals surface area (Å²) in [6.07, 6.45) is 9.70. The summed E-state index contributed by atoms with van der Waals surface area (Å²) >= 11 is 0. The van der Waals surface area contributed by atoms with Gasteiger partial charge in [-0.25, -0.2) is 0 Å². The van der Waals surface area contributed by atoms with Crippen molar-refractivity contribution in [2.24, 2.45) is 0 Å². The molecule has 30 heavy (non-hydrogen) atoms. The molecule has 170 valence electrons. The molecular weight excluding hydrogens is 376 g/mol. The number of aliphatic carboxylic acids is 1. The van der Waals surface area contributed by atoms with Crippen LogP contribution in [0.3, 0.4) is 0 Å². The molecule has 0 bridgehead atoms. The summed E-state index contributed by atoms with van der Waals surface area (Å²) in [6, 6.07) is 6.21. The largest absolute Gasteiger partial charge is 0.481 e. The number of benzene rings is 1. The molecule has 0 unspecified atom stereocenters. The first-order valence-electron chi connectivity index (χ1n) is 11.4. The molecule has 2 N–H and O–H groups in total. The number of carboxylic acid groups (broad SMARTS) is 1. The highest BCUT2D eigenvalue weighted by Crippen LogP contribution is 2.17. The van der Waals surface area contributed by atoms with Crippen molar-refractivity contribution in [2.45, 2.75) is 84.1 Å². The number of hydrogen-bond acceptors (Lipinski definition) is 2. The van der Waals surface area contributed by atoms with E-state index in [2.05, 4.69) is 37.4 Å². The van der Waals surface area contributed by atoms with Crippen molar-refractivity contribution in [3.8, 4) is 0 Å². The lowest BCUT2D eigenvalue weighted by atomic mass is 9.97. The zero-order valence-corrected chi connectivity index (χ0v) is 19.8. The normalized spacial score (nSPS) is 12.6. The first-order valence-corrected chi connectivity index (χ1v) is 11.4. The molecule has 1 aromatic carbocycles. The number of likely N-dealkylation sites (N-methyl/N-ethyl adjacent to an activating group) is 1. The van der Waals surface area contributed by atoms with Crippen LogP contribution in [-0.4, -0.2) is 55.2 Å². The Morgan fingerprint density at radius 1 is 0.933 bits per heavy atom. The fraction of sp³-hybridized carbons (Fsp3) is 0.680. The van der Waals surface area contributed by atoms with E-state index in [0.29, 0.717) is 17.4 Å². The van der Waals surface area contributed by atoms with Gasteiger partial charge in [-0.1, -0.05) is 50.3 Å². The van der Waals surface area contributed by atoms with Crippen molar-refractivity contribution in [1.29, 1.82) is 0 Å². The van der Waals surface area contributed by atoms with Crippen LogP contribution in [0.5, 0.6) is 0 Å². The highest BCUT2D eigenvalue weighted by Gasteiger charge is 2.22. The Labute approximate surface area is 183 Å². The number of nitrogens with zero attached hydrogens (tertiary/aromatic N) is 1. The predicted molar refractivity (Wildman–Crippen MR) is 124 cm³/mol. The Hall–Kier alpha value is -1.88. The Balaban J connectivity index is 2.12. The molecule has 0 aliphatic heterocycles. The van der Waals surface area contributed by atoms with Gasteiger partial charge in [0.2, 0.25) is 5.91 Å². The van der Waals surface area contributed by atoms with E-state index < -0.39 is 5.97 Å². The number of carbonyl (C=O) groups is 2. The molecule has 1 aromatic rings. The number of nitrogens with one attached hydrogen (secondary N) is 1. The van der Waals surface area contributed by atoms with E-state index in [0.717, 1.165) is 19.3 Å². The summed E-state index contributed by atoms with van der Waals surface area (Å²) in [5.74, 6) is -0.894. The van der Waals surface area contributed by atoms with Crippen molar-refractivity contribution < 1.29 is 19.2 Å². The molecule has 0 spiro atoms. The maximum Gasteiger partial charge on any atom is 0.305 e. The average Bonchev–Trinajstić information content (AvgIpc) is 2.60. The van der Waals surface area contributed by atoms with Gasteiger partial charge in [0.25, 0.3) is 0 Å².